The number of rotatable bonds is 2. The van der Waals surface area contributed by atoms with Gasteiger partial charge in [-0.15, -0.1) is 0 Å². The summed E-state index contributed by atoms with van der Waals surface area (Å²) < 4.78 is 0. The van der Waals surface area contributed by atoms with Crippen molar-refractivity contribution in [3.05, 3.63) is 0 Å². The first-order chi connectivity index (χ1) is 7.74. The fourth-order valence-corrected chi connectivity index (χ4v) is 3.54. The average molecular weight is 226 g/mol. The van der Waals surface area contributed by atoms with Crippen molar-refractivity contribution in [3.8, 4) is 0 Å². The summed E-state index contributed by atoms with van der Waals surface area (Å²) in [6, 6.07) is 0.872. The lowest BCUT2D eigenvalue weighted by Crippen LogP contribution is -2.57. The number of nitrogens with two attached hydrogens (primary N) is 1. The number of piperidine rings is 1. The Kier molecular flexibility index (Phi) is 4.22. The Morgan fingerprint density at radius 1 is 1.19 bits per heavy atom. The third kappa shape index (κ3) is 2.41. The molecule has 1 saturated carbocycles. The smallest absolute Gasteiger partial charge is 0.0695 e. The van der Waals surface area contributed by atoms with Crippen LogP contribution in [-0.4, -0.2) is 41.3 Å². The van der Waals surface area contributed by atoms with E-state index in [1.165, 1.54) is 25.7 Å². The summed E-state index contributed by atoms with van der Waals surface area (Å²) in [5.41, 5.74) is 5.91. The SMILES string of the molecule is CC1CCCN(C2CCCCC2O)C1CN. The quantitative estimate of drug-likeness (QED) is 0.747. The van der Waals surface area contributed by atoms with Crippen LogP contribution < -0.4 is 5.73 Å². The largest absolute Gasteiger partial charge is 0.391 e. The zero-order chi connectivity index (χ0) is 11.5. The number of aliphatic hydroxyl groups excluding tert-OH is 1. The van der Waals surface area contributed by atoms with E-state index in [9.17, 15) is 5.11 Å². The first-order valence-electron chi connectivity index (χ1n) is 6.88. The maximum atomic E-state index is 10.1. The van der Waals surface area contributed by atoms with Gasteiger partial charge in [-0.3, -0.25) is 4.90 Å². The second kappa shape index (κ2) is 5.48. The molecule has 2 rings (SSSR count). The van der Waals surface area contributed by atoms with E-state index in [2.05, 4.69) is 11.8 Å². The molecule has 1 heterocycles. The van der Waals surface area contributed by atoms with Gasteiger partial charge in [0.2, 0.25) is 0 Å². The minimum Gasteiger partial charge on any atom is -0.391 e. The monoisotopic (exact) mass is 226 g/mol. The van der Waals surface area contributed by atoms with Gasteiger partial charge in [-0.05, 0) is 38.1 Å². The van der Waals surface area contributed by atoms with Crippen molar-refractivity contribution >= 4 is 0 Å². The maximum Gasteiger partial charge on any atom is 0.0695 e. The van der Waals surface area contributed by atoms with E-state index in [0.29, 0.717) is 18.0 Å². The van der Waals surface area contributed by atoms with Crippen LogP contribution in [0.15, 0.2) is 0 Å². The molecular formula is C13H26N2O. The Bertz CT molecular complexity index is 222. The molecule has 4 atom stereocenters. The van der Waals surface area contributed by atoms with Gasteiger partial charge in [0.05, 0.1) is 6.10 Å². The van der Waals surface area contributed by atoms with Gasteiger partial charge in [0.1, 0.15) is 0 Å². The Morgan fingerprint density at radius 2 is 1.94 bits per heavy atom. The van der Waals surface area contributed by atoms with Crippen LogP contribution in [0.5, 0.6) is 0 Å². The summed E-state index contributed by atoms with van der Waals surface area (Å²) in [4.78, 5) is 2.51. The van der Waals surface area contributed by atoms with Gasteiger partial charge in [0.15, 0.2) is 0 Å². The highest BCUT2D eigenvalue weighted by molar-refractivity contribution is 4.91. The zero-order valence-electron chi connectivity index (χ0n) is 10.4. The number of hydrogen-bond donors (Lipinski definition) is 2. The van der Waals surface area contributed by atoms with Crippen LogP contribution in [0.2, 0.25) is 0 Å². The van der Waals surface area contributed by atoms with Crippen LogP contribution in [0.3, 0.4) is 0 Å². The molecule has 0 amide bonds. The second-order valence-electron chi connectivity index (χ2n) is 5.58. The van der Waals surface area contributed by atoms with E-state index in [1.807, 2.05) is 0 Å². The topological polar surface area (TPSA) is 49.5 Å². The van der Waals surface area contributed by atoms with Crippen LogP contribution >= 0.6 is 0 Å². The summed E-state index contributed by atoms with van der Waals surface area (Å²) in [5.74, 6) is 0.688. The highest BCUT2D eigenvalue weighted by Crippen LogP contribution is 2.30. The van der Waals surface area contributed by atoms with E-state index in [-0.39, 0.29) is 6.10 Å². The molecule has 0 aromatic carbocycles. The molecule has 3 nitrogen and oxygen atoms in total. The summed E-state index contributed by atoms with van der Waals surface area (Å²) in [7, 11) is 0. The second-order valence-corrected chi connectivity index (χ2v) is 5.58. The van der Waals surface area contributed by atoms with E-state index in [0.717, 1.165) is 25.9 Å². The molecule has 0 aromatic heterocycles. The molecule has 3 N–H and O–H groups in total. The third-order valence-corrected chi connectivity index (χ3v) is 4.52. The van der Waals surface area contributed by atoms with Crippen LogP contribution in [0.1, 0.15) is 45.4 Å². The molecule has 94 valence electrons. The average Bonchev–Trinajstić information content (AvgIpc) is 2.29. The first kappa shape index (κ1) is 12.3. The van der Waals surface area contributed by atoms with Crippen molar-refractivity contribution in [2.75, 3.05) is 13.1 Å². The fourth-order valence-electron chi connectivity index (χ4n) is 3.54. The molecule has 0 radical (unpaired) electrons. The number of aliphatic hydroxyl groups is 1. The highest BCUT2D eigenvalue weighted by Gasteiger charge is 2.36. The van der Waals surface area contributed by atoms with E-state index < -0.39 is 0 Å². The fraction of sp³-hybridized carbons (Fsp3) is 1.00. The molecule has 1 aliphatic heterocycles. The molecule has 2 fully saturated rings. The Balaban J connectivity index is 2.04. The molecule has 16 heavy (non-hydrogen) atoms. The summed E-state index contributed by atoms with van der Waals surface area (Å²) in [6.45, 7) is 4.18. The van der Waals surface area contributed by atoms with Gasteiger partial charge in [-0.2, -0.15) is 0 Å². The summed E-state index contributed by atoms with van der Waals surface area (Å²) >= 11 is 0. The molecule has 1 aliphatic carbocycles. The molecule has 1 saturated heterocycles. The predicted octanol–water partition coefficient (Wildman–Crippen LogP) is 1.35. The Hall–Kier alpha value is -0.120. The first-order valence-corrected chi connectivity index (χ1v) is 6.88. The van der Waals surface area contributed by atoms with Crippen molar-refractivity contribution < 1.29 is 5.11 Å². The summed E-state index contributed by atoms with van der Waals surface area (Å²) in [5, 5.41) is 10.1. The molecule has 0 bridgehead atoms. The molecule has 0 aromatic rings. The lowest BCUT2D eigenvalue weighted by Gasteiger charge is -2.47. The van der Waals surface area contributed by atoms with E-state index in [4.69, 9.17) is 5.73 Å². The van der Waals surface area contributed by atoms with Gasteiger partial charge >= 0.3 is 0 Å². The molecule has 3 heteroatoms. The minimum absolute atomic E-state index is 0.118. The van der Waals surface area contributed by atoms with Crippen LogP contribution in [0, 0.1) is 5.92 Å². The van der Waals surface area contributed by atoms with Crippen LogP contribution in [-0.2, 0) is 0 Å². The Labute approximate surface area is 99.0 Å². The predicted molar refractivity (Wildman–Crippen MR) is 66.2 cm³/mol. The van der Waals surface area contributed by atoms with Crippen molar-refractivity contribution in [3.63, 3.8) is 0 Å². The molecule has 0 spiro atoms. The third-order valence-electron chi connectivity index (χ3n) is 4.52. The van der Waals surface area contributed by atoms with Gasteiger partial charge in [0.25, 0.3) is 0 Å². The van der Waals surface area contributed by atoms with Crippen molar-refractivity contribution in [1.82, 2.24) is 4.90 Å². The normalized spacial score (nSPS) is 42.2. The van der Waals surface area contributed by atoms with Gasteiger partial charge in [-0.1, -0.05) is 19.8 Å². The molecule has 2 aliphatic rings. The standard InChI is InChI=1S/C13H26N2O/c1-10-5-4-8-15(12(10)9-14)11-6-2-3-7-13(11)16/h10-13,16H,2-9,14H2,1H3. The zero-order valence-corrected chi connectivity index (χ0v) is 10.4. The Morgan fingerprint density at radius 3 is 2.62 bits per heavy atom. The van der Waals surface area contributed by atoms with Gasteiger partial charge in [0, 0.05) is 18.6 Å². The van der Waals surface area contributed by atoms with Crippen molar-refractivity contribution in [2.45, 2.75) is 63.6 Å². The number of hydrogen-bond acceptors (Lipinski definition) is 3. The lowest BCUT2D eigenvalue weighted by atomic mass is 9.84. The van der Waals surface area contributed by atoms with Crippen molar-refractivity contribution in [2.24, 2.45) is 11.7 Å². The lowest BCUT2D eigenvalue weighted by molar-refractivity contribution is -0.0271. The van der Waals surface area contributed by atoms with Gasteiger partial charge < -0.3 is 10.8 Å². The maximum absolute atomic E-state index is 10.1. The van der Waals surface area contributed by atoms with E-state index >= 15 is 0 Å². The highest BCUT2D eigenvalue weighted by atomic mass is 16.3. The number of likely N-dealkylation sites (tertiary alicyclic amines) is 1. The minimum atomic E-state index is -0.118. The molecule has 4 unspecified atom stereocenters. The summed E-state index contributed by atoms with van der Waals surface area (Å²) in [6.07, 6.45) is 7.03. The van der Waals surface area contributed by atoms with Gasteiger partial charge in [-0.25, -0.2) is 0 Å². The molecular weight excluding hydrogens is 200 g/mol. The number of nitrogens with zero attached hydrogens (tertiary/aromatic N) is 1. The van der Waals surface area contributed by atoms with Crippen molar-refractivity contribution in [1.29, 1.82) is 0 Å². The van der Waals surface area contributed by atoms with Crippen LogP contribution in [0.25, 0.3) is 0 Å². The van der Waals surface area contributed by atoms with Crippen LogP contribution in [0.4, 0.5) is 0 Å². The van der Waals surface area contributed by atoms with E-state index in [1.54, 1.807) is 0 Å².